The van der Waals surface area contributed by atoms with Crippen LogP contribution in [0.1, 0.15) is 25.2 Å². The van der Waals surface area contributed by atoms with Crippen LogP contribution in [-0.2, 0) is 4.79 Å². The molecule has 0 unspecified atom stereocenters. The van der Waals surface area contributed by atoms with Crippen molar-refractivity contribution in [3.63, 3.8) is 0 Å². The fourth-order valence-electron chi connectivity index (χ4n) is 3.01. The normalized spacial score (nSPS) is 13.1. The molecule has 0 fully saturated rings. The molecule has 3 aromatic rings. The van der Waals surface area contributed by atoms with Crippen molar-refractivity contribution < 1.29 is 4.79 Å². The standard InChI is InChI=1S/C21H17ClN4O/c1-13(2)19-21(27)23-17-10-6-4-8-15(17)20-24-18(25-26(19)20)12-11-14-7-3-5-9-16(14)22/h3-12H,1-2H3,(H,23,27)/b12-11+. The zero-order valence-corrected chi connectivity index (χ0v) is 15.7. The first-order valence-electron chi connectivity index (χ1n) is 8.53. The molecule has 2 aromatic carbocycles. The van der Waals surface area contributed by atoms with E-state index in [0.717, 1.165) is 16.7 Å². The molecule has 1 amide bonds. The van der Waals surface area contributed by atoms with E-state index in [4.69, 9.17) is 11.6 Å². The summed E-state index contributed by atoms with van der Waals surface area (Å²) in [4.78, 5) is 17.4. The van der Waals surface area contributed by atoms with Gasteiger partial charge in [-0.25, -0.2) is 9.67 Å². The molecule has 0 aliphatic carbocycles. The minimum atomic E-state index is -0.201. The number of fused-ring (bicyclic) bond motifs is 3. The molecule has 1 aliphatic rings. The summed E-state index contributed by atoms with van der Waals surface area (Å²) in [5, 5.41) is 8.16. The number of hydrogen-bond acceptors (Lipinski definition) is 3. The summed E-state index contributed by atoms with van der Waals surface area (Å²) in [5.41, 5.74) is 3.75. The second kappa shape index (κ2) is 6.85. The number of nitrogens with zero attached hydrogens (tertiary/aromatic N) is 3. The lowest BCUT2D eigenvalue weighted by Crippen LogP contribution is -2.17. The Bertz CT molecular complexity index is 1110. The van der Waals surface area contributed by atoms with E-state index in [0.29, 0.717) is 28.1 Å². The highest BCUT2D eigenvalue weighted by Gasteiger charge is 2.26. The lowest BCUT2D eigenvalue weighted by atomic mass is 10.1. The van der Waals surface area contributed by atoms with E-state index in [1.807, 2.05) is 68.5 Å². The number of hydrogen-bond donors (Lipinski definition) is 1. The first kappa shape index (κ1) is 17.2. The minimum absolute atomic E-state index is 0.201. The second-order valence-electron chi connectivity index (χ2n) is 6.41. The monoisotopic (exact) mass is 376 g/mol. The van der Waals surface area contributed by atoms with E-state index in [2.05, 4.69) is 15.4 Å². The van der Waals surface area contributed by atoms with Gasteiger partial charge in [-0.1, -0.05) is 41.9 Å². The molecule has 134 valence electrons. The van der Waals surface area contributed by atoms with E-state index < -0.39 is 0 Å². The molecule has 0 bridgehead atoms. The lowest BCUT2D eigenvalue weighted by Gasteiger charge is -2.07. The van der Waals surface area contributed by atoms with Gasteiger partial charge in [0.2, 0.25) is 0 Å². The number of aromatic nitrogens is 3. The average Bonchev–Trinajstić information content (AvgIpc) is 3.00. The number of para-hydroxylation sites is 1. The fourth-order valence-corrected chi connectivity index (χ4v) is 3.21. The molecule has 1 aromatic heterocycles. The number of halogens is 1. The number of amides is 1. The highest BCUT2D eigenvalue weighted by molar-refractivity contribution is 6.32. The van der Waals surface area contributed by atoms with Gasteiger partial charge in [-0.2, -0.15) is 0 Å². The SMILES string of the molecule is CC(C)=C1C(=O)Nc2ccccc2-c2nc(/C=C/c3ccccc3Cl)nn21. The van der Waals surface area contributed by atoms with Crippen LogP contribution in [0.15, 0.2) is 54.1 Å². The molecule has 0 atom stereocenters. The Morgan fingerprint density at radius 3 is 2.59 bits per heavy atom. The number of rotatable bonds is 2. The van der Waals surface area contributed by atoms with Gasteiger partial charge in [0.25, 0.3) is 5.91 Å². The summed E-state index contributed by atoms with van der Waals surface area (Å²) >= 11 is 6.21. The van der Waals surface area contributed by atoms with Gasteiger partial charge >= 0.3 is 0 Å². The van der Waals surface area contributed by atoms with Crippen LogP contribution in [0.25, 0.3) is 29.2 Å². The third-order valence-corrected chi connectivity index (χ3v) is 4.60. The Morgan fingerprint density at radius 2 is 1.81 bits per heavy atom. The van der Waals surface area contributed by atoms with Crippen molar-refractivity contribution in [2.24, 2.45) is 0 Å². The van der Waals surface area contributed by atoms with Crippen molar-refractivity contribution in [2.45, 2.75) is 13.8 Å². The molecule has 1 N–H and O–H groups in total. The molecule has 2 heterocycles. The van der Waals surface area contributed by atoms with Gasteiger partial charge in [-0.3, -0.25) is 4.79 Å². The van der Waals surface area contributed by atoms with E-state index in [-0.39, 0.29) is 5.91 Å². The average molecular weight is 377 g/mol. The number of anilines is 1. The van der Waals surface area contributed by atoms with Crippen LogP contribution < -0.4 is 5.32 Å². The van der Waals surface area contributed by atoms with Crippen molar-refractivity contribution in [3.8, 4) is 11.4 Å². The predicted octanol–water partition coefficient (Wildman–Crippen LogP) is 4.97. The first-order chi connectivity index (χ1) is 13.0. The van der Waals surface area contributed by atoms with Crippen molar-refractivity contribution >= 4 is 41.0 Å². The maximum atomic E-state index is 12.7. The van der Waals surface area contributed by atoms with Crippen LogP contribution >= 0.6 is 11.6 Å². The van der Waals surface area contributed by atoms with Crippen molar-refractivity contribution in [2.75, 3.05) is 5.32 Å². The zero-order chi connectivity index (χ0) is 19.0. The van der Waals surface area contributed by atoms with Crippen LogP contribution in [0, 0.1) is 0 Å². The van der Waals surface area contributed by atoms with Crippen LogP contribution in [0.5, 0.6) is 0 Å². The Morgan fingerprint density at radius 1 is 1.07 bits per heavy atom. The highest BCUT2D eigenvalue weighted by Crippen LogP contribution is 2.33. The molecule has 6 heteroatoms. The van der Waals surface area contributed by atoms with Gasteiger partial charge in [0, 0.05) is 10.6 Å². The van der Waals surface area contributed by atoms with E-state index in [1.165, 1.54) is 0 Å². The molecule has 27 heavy (non-hydrogen) atoms. The number of nitrogens with one attached hydrogen (secondary N) is 1. The first-order valence-corrected chi connectivity index (χ1v) is 8.90. The van der Waals surface area contributed by atoms with Gasteiger partial charge in [-0.05, 0) is 55.3 Å². The number of carbonyl (C=O) groups is 1. The van der Waals surface area contributed by atoms with Gasteiger partial charge < -0.3 is 5.32 Å². The fraction of sp³-hybridized carbons (Fsp3) is 0.0952. The topological polar surface area (TPSA) is 59.8 Å². The van der Waals surface area contributed by atoms with Crippen molar-refractivity contribution in [1.29, 1.82) is 0 Å². The summed E-state index contributed by atoms with van der Waals surface area (Å²) < 4.78 is 1.61. The van der Waals surface area contributed by atoms with Crippen LogP contribution in [0.4, 0.5) is 5.69 Å². The van der Waals surface area contributed by atoms with Gasteiger partial charge in [-0.15, -0.1) is 5.10 Å². The summed E-state index contributed by atoms with van der Waals surface area (Å²) in [6, 6.07) is 15.1. The van der Waals surface area contributed by atoms with Crippen LogP contribution in [0.3, 0.4) is 0 Å². The third-order valence-electron chi connectivity index (χ3n) is 4.26. The number of carbonyl (C=O) groups excluding carboxylic acids is 1. The molecule has 0 saturated heterocycles. The Hall–Kier alpha value is -3.18. The summed E-state index contributed by atoms with van der Waals surface area (Å²) in [6.07, 6.45) is 3.66. The maximum Gasteiger partial charge on any atom is 0.274 e. The molecule has 5 nitrogen and oxygen atoms in total. The summed E-state index contributed by atoms with van der Waals surface area (Å²) in [7, 11) is 0. The van der Waals surface area contributed by atoms with E-state index in [1.54, 1.807) is 10.8 Å². The Labute approximate surface area is 162 Å². The summed E-state index contributed by atoms with van der Waals surface area (Å²) in [5.74, 6) is 0.930. The lowest BCUT2D eigenvalue weighted by molar-refractivity contribution is -0.111. The van der Waals surface area contributed by atoms with E-state index in [9.17, 15) is 4.79 Å². The molecular weight excluding hydrogens is 360 g/mol. The Balaban J connectivity index is 1.86. The van der Waals surface area contributed by atoms with Gasteiger partial charge in [0.15, 0.2) is 11.6 Å². The molecule has 0 spiro atoms. The molecule has 0 saturated carbocycles. The molecule has 1 aliphatic heterocycles. The number of benzene rings is 2. The van der Waals surface area contributed by atoms with E-state index >= 15 is 0 Å². The zero-order valence-electron chi connectivity index (χ0n) is 14.9. The van der Waals surface area contributed by atoms with Crippen LogP contribution in [0.2, 0.25) is 5.02 Å². The van der Waals surface area contributed by atoms with Gasteiger partial charge in [0.1, 0.15) is 5.70 Å². The van der Waals surface area contributed by atoms with Crippen molar-refractivity contribution in [1.82, 2.24) is 14.8 Å². The second-order valence-corrected chi connectivity index (χ2v) is 6.82. The highest BCUT2D eigenvalue weighted by atomic mass is 35.5. The third kappa shape index (κ3) is 3.17. The van der Waals surface area contributed by atoms with Crippen molar-refractivity contribution in [3.05, 3.63) is 70.5 Å². The smallest absolute Gasteiger partial charge is 0.274 e. The molecule has 4 rings (SSSR count). The summed E-state index contributed by atoms with van der Waals surface area (Å²) in [6.45, 7) is 3.77. The maximum absolute atomic E-state index is 12.7. The van der Waals surface area contributed by atoms with Gasteiger partial charge in [0.05, 0.1) is 5.69 Å². The Kier molecular flexibility index (Phi) is 4.38. The largest absolute Gasteiger partial charge is 0.320 e. The minimum Gasteiger partial charge on any atom is -0.320 e. The number of allylic oxidation sites excluding steroid dienone is 1. The van der Waals surface area contributed by atoms with Crippen LogP contribution in [-0.4, -0.2) is 20.7 Å². The quantitative estimate of drug-likeness (QED) is 0.642. The molecule has 0 radical (unpaired) electrons. The molecular formula is C21H17ClN4O. The predicted molar refractivity (Wildman–Crippen MR) is 109 cm³/mol.